The zero-order valence-corrected chi connectivity index (χ0v) is 32.0. The molecule has 0 saturated carbocycles. The van der Waals surface area contributed by atoms with E-state index in [0.29, 0.717) is 31.8 Å². The first-order valence-electron chi connectivity index (χ1n) is 19.3. The Labute approximate surface area is 329 Å². The molecule has 2 aromatic heterocycles. The Hall–Kier alpha value is -5.86. The van der Waals surface area contributed by atoms with Gasteiger partial charge in [0.25, 0.3) is 0 Å². The molecule has 0 bridgehead atoms. The van der Waals surface area contributed by atoms with Crippen molar-refractivity contribution in [2.45, 2.75) is 51.2 Å². The SMILES string of the molecule is C[C@H](OCc1ccccc1)[C@H](C)n1ncn(-c2ccc(N3CCN(c4ccc(OC[C@@H]5CO[C@@](Cn6cncn6)(c6ccc(F)cc6F)C5)cc4)CC3)cc2)c1=O. The number of hydrogen-bond acceptors (Lipinski definition) is 9. The molecule has 0 N–H and O–H groups in total. The summed E-state index contributed by atoms with van der Waals surface area (Å²) in [6.07, 6.45) is 4.82. The Morgan fingerprint density at radius 3 is 2.19 bits per heavy atom. The minimum atomic E-state index is -1.02. The fraction of sp³-hybridized carbons (Fsp3) is 0.349. The Morgan fingerprint density at radius 1 is 0.842 bits per heavy atom. The summed E-state index contributed by atoms with van der Waals surface area (Å²) in [4.78, 5) is 22.1. The van der Waals surface area contributed by atoms with Crippen LogP contribution in [-0.4, -0.2) is 74.6 Å². The van der Waals surface area contributed by atoms with Crippen LogP contribution >= 0.6 is 0 Å². The molecule has 57 heavy (non-hydrogen) atoms. The van der Waals surface area contributed by atoms with Crippen molar-refractivity contribution in [1.29, 1.82) is 0 Å². The van der Waals surface area contributed by atoms with Gasteiger partial charge in [0, 0.05) is 55.1 Å². The van der Waals surface area contributed by atoms with Gasteiger partial charge in [-0.2, -0.15) is 10.2 Å². The highest BCUT2D eigenvalue weighted by Gasteiger charge is 2.44. The first-order valence-corrected chi connectivity index (χ1v) is 19.3. The second kappa shape index (κ2) is 16.7. The van der Waals surface area contributed by atoms with Crippen LogP contribution in [0.15, 0.2) is 121 Å². The summed E-state index contributed by atoms with van der Waals surface area (Å²) >= 11 is 0. The van der Waals surface area contributed by atoms with Crippen LogP contribution in [-0.2, 0) is 28.2 Å². The molecule has 0 aliphatic carbocycles. The summed E-state index contributed by atoms with van der Waals surface area (Å²) in [6.45, 7) is 8.78. The number of rotatable bonds is 14. The molecule has 0 spiro atoms. The lowest BCUT2D eigenvalue weighted by Gasteiger charge is -2.37. The molecule has 2 aliphatic rings. The van der Waals surface area contributed by atoms with Gasteiger partial charge in [-0.15, -0.1) is 0 Å². The van der Waals surface area contributed by atoms with Crippen LogP contribution in [0.5, 0.6) is 5.75 Å². The third-order valence-corrected chi connectivity index (χ3v) is 11.1. The summed E-state index contributed by atoms with van der Waals surface area (Å²) in [5.41, 5.74) is 3.13. The highest BCUT2D eigenvalue weighted by atomic mass is 19.1. The molecule has 4 heterocycles. The minimum absolute atomic E-state index is 0.0126. The van der Waals surface area contributed by atoms with Gasteiger partial charge in [-0.1, -0.05) is 36.4 Å². The maximum Gasteiger partial charge on any atom is 0.350 e. The third-order valence-electron chi connectivity index (χ3n) is 11.1. The number of aromatic nitrogens is 6. The molecule has 6 aromatic rings. The van der Waals surface area contributed by atoms with E-state index in [-0.39, 0.29) is 30.3 Å². The number of hydrogen-bond donors (Lipinski definition) is 0. The zero-order chi connectivity index (χ0) is 39.4. The number of piperazine rings is 1. The van der Waals surface area contributed by atoms with E-state index < -0.39 is 17.2 Å². The quantitative estimate of drug-likeness (QED) is 0.124. The van der Waals surface area contributed by atoms with Gasteiger partial charge in [-0.3, -0.25) is 0 Å². The zero-order valence-electron chi connectivity index (χ0n) is 32.0. The van der Waals surface area contributed by atoms with Crippen molar-refractivity contribution in [1.82, 2.24) is 29.1 Å². The van der Waals surface area contributed by atoms with Crippen molar-refractivity contribution < 1.29 is 23.0 Å². The van der Waals surface area contributed by atoms with Crippen LogP contribution in [0, 0.1) is 17.6 Å². The highest BCUT2D eigenvalue weighted by Crippen LogP contribution is 2.42. The lowest BCUT2D eigenvalue weighted by atomic mass is 9.87. The van der Waals surface area contributed by atoms with Gasteiger partial charge >= 0.3 is 5.69 Å². The molecule has 0 radical (unpaired) electrons. The molecule has 14 heteroatoms. The Balaban J connectivity index is 0.822. The maximum absolute atomic E-state index is 15.0. The number of benzene rings is 4. The molecular formula is C43H46F2N8O4. The van der Waals surface area contributed by atoms with E-state index in [1.54, 1.807) is 21.9 Å². The highest BCUT2D eigenvalue weighted by molar-refractivity contribution is 5.54. The average Bonchev–Trinajstić information content (AvgIpc) is 4.01. The van der Waals surface area contributed by atoms with Crippen molar-refractivity contribution >= 4 is 11.4 Å². The van der Waals surface area contributed by atoms with Crippen molar-refractivity contribution in [2.75, 3.05) is 49.2 Å². The van der Waals surface area contributed by atoms with Crippen LogP contribution in [0.1, 0.15) is 37.4 Å². The topological polar surface area (TPSA) is 105 Å². The largest absolute Gasteiger partial charge is 0.493 e. The minimum Gasteiger partial charge on any atom is -0.493 e. The molecule has 12 nitrogen and oxygen atoms in total. The fourth-order valence-corrected chi connectivity index (χ4v) is 7.71. The monoisotopic (exact) mass is 776 g/mol. The summed E-state index contributed by atoms with van der Waals surface area (Å²) in [5.74, 6) is -0.556. The molecule has 296 valence electrons. The molecule has 2 aliphatic heterocycles. The van der Waals surface area contributed by atoms with E-state index in [1.807, 2.05) is 68.4 Å². The van der Waals surface area contributed by atoms with E-state index >= 15 is 4.39 Å². The molecule has 0 unspecified atom stereocenters. The van der Waals surface area contributed by atoms with Gasteiger partial charge < -0.3 is 24.0 Å². The second-order valence-corrected chi connectivity index (χ2v) is 14.9. The normalized spacial score (nSPS) is 19.5. The Morgan fingerprint density at radius 2 is 1.53 bits per heavy atom. The standard InChI is InChI=1S/C43H46F2N8O4/c1-31(32(2)55-24-33-6-4-3-5-7-33)53-42(54)52(30-48-53)38-11-9-36(10-12-38)49-18-20-50(21-19-49)37-13-15-39(16-14-37)56-25-34-23-43(57-26-34,27-51-29-46-28-47-51)40-17-8-35(44)22-41(40)45/h3-17,22,28-32,34H,18-21,23-27H2,1-2H3/t31-,32-,34+,43-/m0/s1. The Bertz CT molecular complexity index is 2280. The van der Waals surface area contributed by atoms with Crippen molar-refractivity contribution in [3.63, 3.8) is 0 Å². The van der Waals surface area contributed by atoms with Gasteiger partial charge in [0.1, 0.15) is 42.0 Å². The van der Waals surface area contributed by atoms with Gasteiger partial charge in [-0.05, 0) is 80.4 Å². The maximum atomic E-state index is 15.0. The fourth-order valence-electron chi connectivity index (χ4n) is 7.71. The average molecular weight is 777 g/mol. The van der Waals surface area contributed by atoms with Gasteiger partial charge in [0.2, 0.25) is 0 Å². The first kappa shape index (κ1) is 38.0. The predicted molar refractivity (Wildman–Crippen MR) is 212 cm³/mol. The number of halogens is 2. The number of nitrogens with zero attached hydrogens (tertiary/aromatic N) is 8. The van der Waals surface area contributed by atoms with Crippen molar-refractivity contribution in [3.05, 3.63) is 149 Å². The molecular weight excluding hydrogens is 731 g/mol. The van der Waals surface area contributed by atoms with Gasteiger partial charge in [0.05, 0.1) is 44.2 Å². The van der Waals surface area contributed by atoms with Crippen LogP contribution in [0.25, 0.3) is 5.69 Å². The lowest BCUT2D eigenvalue weighted by molar-refractivity contribution is -0.0206. The van der Waals surface area contributed by atoms with Crippen molar-refractivity contribution in [2.24, 2.45) is 5.92 Å². The van der Waals surface area contributed by atoms with Crippen LogP contribution in [0.2, 0.25) is 0 Å². The van der Waals surface area contributed by atoms with E-state index in [1.165, 1.54) is 23.1 Å². The van der Waals surface area contributed by atoms with E-state index in [4.69, 9.17) is 14.2 Å². The summed E-state index contributed by atoms with van der Waals surface area (Å²) in [6, 6.07) is 29.5. The Kier molecular flexibility index (Phi) is 11.1. The number of ether oxygens (including phenoxy) is 3. The van der Waals surface area contributed by atoms with Crippen molar-refractivity contribution in [3.8, 4) is 11.4 Å². The van der Waals surface area contributed by atoms with E-state index in [9.17, 15) is 9.18 Å². The molecule has 2 fully saturated rings. The first-order chi connectivity index (χ1) is 27.7. The second-order valence-electron chi connectivity index (χ2n) is 14.9. The molecule has 4 atom stereocenters. The summed E-state index contributed by atoms with van der Waals surface area (Å²) < 4.78 is 51.9. The molecule has 8 rings (SSSR count). The van der Waals surface area contributed by atoms with Crippen LogP contribution in [0.3, 0.4) is 0 Å². The third kappa shape index (κ3) is 8.47. The van der Waals surface area contributed by atoms with Gasteiger partial charge in [0.15, 0.2) is 0 Å². The van der Waals surface area contributed by atoms with E-state index in [0.717, 1.165) is 60.6 Å². The molecule has 0 amide bonds. The summed E-state index contributed by atoms with van der Waals surface area (Å²) in [7, 11) is 0. The summed E-state index contributed by atoms with van der Waals surface area (Å²) in [5, 5.41) is 8.61. The van der Waals surface area contributed by atoms with Crippen LogP contribution < -0.4 is 20.2 Å². The lowest BCUT2D eigenvalue weighted by Crippen LogP contribution is -2.46. The van der Waals surface area contributed by atoms with Crippen LogP contribution in [0.4, 0.5) is 20.2 Å². The number of anilines is 2. The smallest absolute Gasteiger partial charge is 0.350 e. The predicted octanol–water partition coefficient (Wildman–Crippen LogP) is 6.41. The molecule has 2 saturated heterocycles. The van der Waals surface area contributed by atoms with Gasteiger partial charge in [-0.25, -0.2) is 32.5 Å². The molecule has 4 aromatic carbocycles. The van der Waals surface area contributed by atoms with E-state index in [2.05, 4.69) is 49.2 Å².